The summed E-state index contributed by atoms with van der Waals surface area (Å²) >= 11 is 0. The molecule has 2 aliphatic rings. The molecule has 2 saturated heterocycles. The minimum absolute atomic E-state index is 0. The molecule has 1 amide bonds. The number of piperazine rings is 1. The smallest absolute Gasteiger partial charge is 0.323 e. The third kappa shape index (κ3) is 3.49. The number of nitrogens with zero attached hydrogens (tertiary/aromatic N) is 4. The summed E-state index contributed by atoms with van der Waals surface area (Å²) in [5.74, 6) is -0.182. The Balaban J connectivity index is 0.00000192. The van der Waals surface area contributed by atoms with Crippen LogP contribution in [-0.4, -0.2) is 70.5 Å². The zero-order valence-electron chi connectivity index (χ0n) is 13.1. The van der Waals surface area contributed by atoms with E-state index in [-0.39, 0.29) is 24.1 Å². The summed E-state index contributed by atoms with van der Waals surface area (Å²) in [7, 11) is 1.56. The van der Waals surface area contributed by atoms with Gasteiger partial charge in [0, 0.05) is 44.8 Å². The van der Waals surface area contributed by atoms with E-state index in [1.165, 1.54) is 16.7 Å². The lowest BCUT2D eigenvalue weighted by molar-refractivity contribution is -0.391. The van der Waals surface area contributed by atoms with E-state index in [1.54, 1.807) is 11.9 Å². The first kappa shape index (κ1) is 17.7. The lowest BCUT2D eigenvalue weighted by atomic mass is 10.2. The van der Waals surface area contributed by atoms with Crippen LogP contribution in [0.15, 0.2) is 12.1 Å². The number of hydrogen-bond acceptors (Lipinski definition) is 5. The van der Waals surface area contributed by atoms with Crippen LogP contribution in [0.25, 0.3) is 0 Å². The molecule has 0 spiro atoms. The fraction of sp³-hybridized carbons (Fsp3) is 0.643. The van der Waals surface area contributed by atoms with Crippen LogP contribution in [0.5, 0.6) is 0 Å². The van der Waals surface area contributed by atoms with E-state index in [0.29, 0.717) is 24.8 Å². The molecule has 0 radical (unpaired) electrons. The Bertz CT molecular complexity index is 577. The molecule has 128 valence electrons. The van der Waals surface area contributed by atoms with Gasteiger partial charge < -0.3 is 20.3 Å². The summed E-state index contributed by atoms with van der Waals surface area (Å²) in [5.41, 5.74) is 0.377. The van der Waals surface area contributed by atoms with Gasteiger partial charge in [-0.15, -0.1) is 12.4 Å². The van der Waals surface area contributed by atoms with E-state index in [4.69, 9.17) is 0 Å². The molecule has 0 aromatic carbocycles. The van der Waals surface area contributed by atoms with Gasteiger partial charge in [-0.3, -0.25) is 9.69 Å². The first-order valence-corrected chi connectivity index (χ1v) is 7.62. The zero-order chi connectivity index (χ0) is 15.7. The maximum Gasteiger partial charge on any atom is 0.323 e. The summed E-state index contributed by atoms with van der Waals surface area (Å²) in [6, 6.07) is 3.50. The van der Waals surface area contributed by atoms with Gasteiger partial charge in [0.1, 0.15) is 0 Å². The highest BCUT2D eigenvalue weighted by atomic mass is 35.5. The number of amides is 1. The van der Waals surface area contributed by atoms with Gasteiger partial charge in [0.15, 0.2) is 5.69 Å². The molecule has 1 atom stereocenters. The lowest BCUT2D eigenvalue weighted by Gasteiger charge is -2.37. The van der Waals surface area contributed by atoms with Gasteiger partial charge in [-0.2, -0.15) is 0 Å². The molecule has 1 unspecified atom stereocenters. The van der Waals surface area contributed by atoms with Gasteiger partial charge in [0.05, 0.1) is 7.05 Å². The van der Waals surface area contributed by atoms with Crippen molar-refractivity contribution in [2.45, 2.75) is 12.5 Å². The average molecular weight is 344 g/mol. The minimum atomic E-state index is -0.470. The maximum absolute atomic E-state index is 12.5. The number of aromatic nitrogens is 1. The van der Waals surface area contributed by atoms with E-state index in [1.807, 2.05) is 0 Å². The summed E-state index contributed by atoms with van der Waals surface area (Å²) < 4.78 is 1.36. The number of rotatable bonds is 3. The van der Waals surface area contributed by atoms with Crippen LogP contribution in [0.4, 0.5) is 5.82 Å². The van der Waals surface area contributed by atoms with E-state index in [0.717, 1.165) is 32.6 Å². The number of carbonyl (C=O) groups excluding carboxylic acids is 1. The maximum atomic E-state index is 12.5. The van der Waals surface area contributed by atoms with Gasteiger partial charge in [0.2, 0.25) is 0 Å². The summed E-state index contributed by atoms with van der Waals surface area (Å²) in [6.07, 6.45) is 1.16. The molecule has 8 nitrogen and oxygen atoms in total. The Morgan fingerprint density at radius 3 is 2.52 bits per heavy atom. The van der Waals surface area contributed by atoms with Gasteiger partial charge in [-0.05, 0) is 24.0 Å². The highest BCUT2D eigenvalue weighted by molar-refractivity contribution is 5.93. The molecule has 3 rings (SSSR count). The van der Waals surface area contributed by atoms with Gasteiger partial charge in [-0.25, -0.2) is 4.57 Å². The molecule has 2 aliphatic heterocycles. The van der Waals surface area contributed by atoms with Crippen molar-refractivity contribution in [2.24, 2.45) is 7.05 Å². The van der Waals surface area contributed by atoms with Crippen molar-refractivity contribution in [3.8, 4) is 0 Å². The predicted octanol–water partition coefficient (Wildman–Crippen LogP) is 0.475. The van der Waals surface area contributed by atoms with Crippen LogP contribution >= 0.6 is 12.4 Å². The minimum Gasteiger partial charge on any atom is -0.358 e. The second-order valence-corrected chi connectivity index (χ2v) is 5.87. The van der Waals surface area contributed by atoms with Gasteiger partial charge in [0.25, 0.3) is 5.91 Å². The van der Waals surface area contributed by atoms with Crippen molar-refractivity contribution in [3.63, 3.8) is 0 Å². The second-order valence-electron chi connectivity index (χ2n) is 5.87. The molecule has 9 heteroatoms. The third-order valence-electron chi connectivity index (χ3n) is 4.65. The summed E-state index contributed by atoms with van der Waals surface area (Å²) in [4.78, 5) is 27.2. The van der Waals surface area contributed by atoms with Crippen molar-refractivity contribution in [1.82, 2.24) is 19.7 Å². The van der Waals surface area contributed by atoms with Gasteiger partial charge in [-0.1, -0.05) is 0 Å². The van der Waals surface area contributed by atoms with Crippen LogP contribution < -0.4 is 5.32 Å². The van der Waals surface area contributed by atoms with Crippen molar-refractivity contribution >= 4 is 24.1 Å². The van der Waals surface area contributed by atoms with E-state index >= 15 is 0 Å². The van der Waals surface area contributed by atoms with Crippen molar-refractivity contribution in [2.75, 3.05) is 39.3 Å². The van der Waals surface area contributed by atoms with Gasteiger partial charge >= 0.3 is 5.82 Å². The molecule has 0 bridgehead atoms. The quantitative estimate of drug-likeness (QED) is 0.637. The van der Waals surface area contributed by atoms with Crippen molar-refractivity contribution in [3.05, 3.63) is 27.9 Å². The van der Waals surface area contributed by atoms with Crippen LogP contribution in [0.1, 0.15) is 16.9 Å². The summed E-state index contributed by atoms with van der Waals surface area (Å²) in [5, 5.41) is 14.2. The van der Waals surface area contributed by atoms with Crippen molar-refractivity contribution in [1.29, 1.82) is 0 Å². The zero-order valence-corrected chi connectivity index (χ0v) is 13.9. The second kappa shape index (κ2) is 7.29. The number of hydrogen-bond donors (Lipinski definition) is 1. The normalized spacial score (nSPS) is 22.0. The van der Waals surface area contributed by atoms with E-state index in [9.17, 15) is 14.9 Å². The van der Waals surface area contributed by atoms with E-state index < -0.39 is 4.92 Å². The predicted molar refractivity (Wildman–Crippen MR) is 88.1 cm³/mol. The highest BCUT2D eigenvalue weighted by Gasteiger charge is 2.30. The first-order valence-electron chi connectivity index (χ1n) is 7.62. The van der Waals surface area contributed by atoms with Crippen LogP contribution in [0.3, 0.4) is 0 Å². The topological polar surface area (TPSA) is 83.7 Å². The number of nitrogens with one attached hydrogen (secondary N) is 1. The Morgan fingerprint density at radius 1 is 1.30 bits per heavy atom. The monoisotopic (exact) mass is 343 g/mol. The number of carbonyl (C=O) groups is 1. The molecule has 3 heterocycles. The average Bonchev–Trinajstić information content (AvgIpc) is 3.16. The van der Waals surface area contributed by atoms with Crippen molar-refractivity contribution < 1.29 is 9.72 Å². The Labute approximate surface area is 141 Å². The molecule has 1 aromatic heterocycles. The molecule has 23 heavy (non-hydrogen) atoms. The highest BCUT2D eigenvalue weighted by Crippen LogP contribution is 2.18. The molecule has 1 N–H and O–H groups in total. The Kier molecular flexibility index (Phi) is 5.61. The fourth-order valence-electron chi connectivity index (χ4n) is 3.30. The molecular formula is C14H22ClN5O3. The SMILES string of the molecule is Cl.Cn1c(C(=O)N2CCN(C3CCNC3)CC2)ccc1[N+](=O)[O-]. The molecule has 1 aromatic rings. The molecule has 0 saturated carbocycles. The standard InChI is InChI=1S/C14H21N5O3.ClH/c1-16-12(2-3-13(16)19(21)22)14(20)18-8-6-17(7-9-18)11-4-5-15-10-11;/h2-3,11,15H,4-10H2,1H3;1H. The Morgan fingerprint density at radius 2 is 2.00 bits per heavy atom. The fourth-order valence-corrected chi connectivity index (χ4v) is 3.30. The van der Waals surface area contributed by atoms with Crippen LogP contribution in [0, 0.1) is 10.1 Å². The molecular weight excluding hydrogens is 322 g/mol. The molecule has 0 aliphatic carbocycles. The van der Waals surface area contributed by atoms with Crippen LogP contribution in [-0.2, 0) is 7.05 Å². The lowest BCUT2D eigenvalue weighted by Crippen LogP contribution is -2.52. The molecule has 2 fully saturated rings. The van der Waals surface area contributed by atoms with E-state index in [2.05, 4.69) is 10.2 Å². The number of nitro groups is 1. The summed E-state index contributed by atoms with van der Waals surface area (Å²) in [6.45, 7) is 5.17. The number of halogens is 1. The third-order valence-corrected chi connectivity index (χ3v) is 4.65. The van der Waals surface area contributed by atoms with Crippen LogP contribution in [0.2, 0.25) is 0 Å². The first-order chi connectivity index (χ1) is 10.6. The Hall–Kier alpha value is -1.64. The largest absolute Gasteiger partial charge is 0.358 e.